The van der Waals surface area contributed by atoms with Crippen LogP contribution in [0.25, 0.3) is 11.3 Å². The number of hydrogen-bond donors (Lipinski definition) is 0. The smallest absolute Gasteiger partial charge is 0.270 e. The van der Waals surface area contributed by atoms with E-state index >= 15 is 0 Å². The Morgan fingerprint density at radius 3 is 2.42 bits per heavy atom. The van der Waals surface area contributed by atoms with Crippen molar-refractivity contribution in [2.75, 3.05) is 20.2 Å². The first kappa shape index (κ1) is 19.5. The molecule has 0 N–H and O–H groups in total. The van der Waals surface area contributed by atoms with Gasteiger partial charge in [0, 0.05) is 29.7 Å². The fourth-order valence-corrected chi connectivity index (χ4v) is 2.49. The molecule has 0 aliphatic rings. The maximum Gasteiger partial charge on any atom is 0.270 e. The molecule has 2 rings (SSSR count). The minimum absolute atomic E-state index is 0.189. The summed E-state index contributed by atoms with van der Waals surface area (Å²) < 4.78 is 6.38. The number of carbonyl (C=O) groups excluding carboxylic acids is 1. The van der Waals surface area contributed by atoms with E-state index in [-0.39, 0.29) is 12.5 Å². The summed E-state index contributed by atoms with van der Waals surface area (Å²) in [5.41, 5.74) is 0.752. The number of nitrogens with zero attached hydrogens (tertiary/aromatic N) is 3. The molecule has 0 radical (unpaired) electrons. The normalized spacial score (nSPS) is 10.2. The van der Waals surface area contributed by atoms with Crippen LogP contribution in [0.5, 0.6) is 5.75 Å². The summed E-state index contributed by atoms with van der Waals surface area (Å²) in [5, 5.41) is 4.91. The molecule has 6 nitrogen and oxygen atoms in total. The Hall–Kier alpha value is -2.86. The predicted octanol–water partition coefficient (Wildman–Crippen LogP) is 2.77. The highest BCUT2D eigenvalue weighted by Crippen LogP contribution is 2.27. The lowest BCUT2D eigenvalue weighted by atomic mass is 10.1. The molecule has 0 fully saturated rings. The van der Waals surface area contributed by atoms with Crippen molar-refractivity contribution >= 4 is 17.5 Å². The topological polar surface area (TPSA) is 64.4 Å². The lowest BCUT2D eigenvalue weighted by molar-refractivity contribution is -0.131. The zero-order chi connectivity index (χ0) is 19.1. The van der Waals surface area contributed by atoms with Crippen LogP contribution in [0.15, 0.2) is 60.4 Å². The predicted molar refractivity (Wildman–Crippen MR) is 102 cm³/mol. The van der Waals surface area contributed by atoms with Crippen LogP contribution < -0.4 is 10.3 Å². The van der Waals surface area contributed by atoms with Gasteiger partial charge < -0.3 is 9.64 Å². The summed E-state index contributed by atoms with van der Waals surface area (Å²) in [5.74, 6) is 0.0710. The Labute approximate surface area is 157 Å². The van der Waals surface area contributed by atoms with E-state index in [0.29, 0.717) is 29.6 Å². The summed E-state index contributed by atoms with van der Waals surface area (Å²) in [7, 11) is 1.46. The highest BCUT2D eigenvalue weighted by Gasteiger charge is 2.16. The summed E-state index contributed by atoms with van der Waals surface area (Å²) in [6, 6.07) is 8.29. The van der Waals surface area contributed by atoms with E-state index in [0.717, 1.165) is 10.2 Å². The minimum Gasteiger partial charge on any atom is -0.494 e. The molecular formula is C19H20ClN3O3. The van der Waals surface area contributed by atoms with Crippen LogP contribution in [-0.2, 0) is 11.3 Å². The van der Waals surface area contributed by atoms with E-state index < -0.39 is 5.56 Å². The highest BCUT2D eigenvalue weighted by atomic mass is 35.5. The van der Waals surface area contributed by atoms with Crippen LogP contribution in [0.3, 0.4) is 0 Å². The summed E-state index contributed by atoms with van der Waals surface area (Å²) in [6.45, 7) is 7.80. The third-order valence-electron chi connectivity index (χ3n) is 3.64. The van der Waals surface area contributed by atoms with Gasteiger partial charge in [-0.3, -0.25) is 9.59 Å². The monoisotopic (exact) mass is 373 g/mol. The molecule has 7 heteroatoms. The van der Waals surface area contributed by atoms with Crippen molar-refractivity contribution in [2.24, 2.45) is 0 Å². The van der Waals surface area contributed by atoms with E-state index in [1.165, 1.54) is 18.1 Å². The number of ether oxygens (including phenoxy) is 1. The summed E-state index contributed by atoms with van der Waals surface area (Å²) >= 11 is 5.92. The number of benzene rings is 1. The minimum atomic E-state index is -0.426. The second-order valence-electron chi connectivity index (χ2n) is 5.44. The lowest BCUT2D eigenvalue weighted by Crippen LogP contribution is -2.37. The van der Waals surface area contributed by atoms with E-state index in [1.807, 2.05) is 0 Å². The number of amides is 1. The van der Waals surface area contributed by atoms with Gasteiger partial charge in [0.15, 0.2) is 5.75 Å². The van der Waals surface area contributed by atoms with Gasteiger partial charge in [-0.25, -0.2) is 4.68 Å². The first-order chi connectivity index (χ1) is 12.5. The second-order valence-corrected chi connectivity index (χ2v) is 5.88. The van der Waals surface area contributed by atoms with Crippen LogP contribution in [0.2, 0.25) is 5.02 Å². The number of rotatable bonds is 8. The van der Waals surface area contributed by atoms with Gasteiger partial charge in [-0.1, -0.05) is 35.9 Å². The molecule has 0 saturated heterocycles. The Morgan fingerprint density at radius 1 is 1.27 bits per heavy atom. The molecular weight excluding hydrogens is 354 g/mol. The summed E-state index contributed by atoms with van der Waals surface area (Å²) in [4.78, 5) is 26.3. The highest BCUT2D eigenvalue weighted by molar-refractivity contribution is 6.30. The van der Waals surface area contributed by atoms with Crippen molar-refractivity contribution < 1.29 is 9.53 Å². The quantitative estimate of drug-likeness (QED) is 0.667. The zero-order valence-corrected chi connectivity index (χ0v) is 15.3. The van der Waals surface area contributed by atoms with E-state index in [2.05, 4.69) is 18.3 Å². The third-order valence-corrected chi connectivity index (χ3v) is 3.89. The van der Waals surface area contributed by atoms with Gasteiger partial charge in [-0.2, -0.15) is 5.10 Å². The van der Waals surface area contributed by atoms with Gasteiger partial charge in [0.2, 0.25) is 5.91 Å². The molecule has 1 heterocycles. The largest absolute Gasteiger partial charge is 0.494 e. The van der Waals surface area contributed by atoms with Crippen molar-refractivity contribution in [1.82, 2.24) is 14.7 Å². The second kappa shape index (κ2) is 9.01. The molecule has 0 spiro atoms. The molecule has 0 atom stereocenters. The average Bonchev–Trinajstić information content (AvgIpc) is 2.63. The molecule has 26 heavy (non-hydrogen) atoms. The standard InChI is InChI=1S/C19H20ClN3O3/c1-4-10-22(11-5-2)18(25)13-23-17(24)12-16(26-3)19(21-23)14-6-8-15(20)9-7-14/h4-9,12H,1-2,10-11,13H2,3H3. The zero-order valence-electron chi connectivity index (χ0n) is 14.5. The van der Waals surface area contributed by atoms with Crippen molar-refractivity contribution in [3.05, 3.63) is 71.0 Å². The van der Waals surface area contributed by atoms with Gasteiger partial charge in [-0.05, 0) is 12.1 Å². The first-order valence-electron chi connectivity index (χ1n) is 7.91. The van der Waals surface area contributed by atoms with E-state index in [4.69, 9.17) is 16.3 Å². The third kappa shape index (κ3) is 4.61. The Bertz CT molecular complexity index is 849. The maximum atomic E-state index is 12.5. The number of hydrogen-bond acceptors (Lipinski definition) is 4. The van der Waals surface area contributed by atoms with Crippen molar-refractivity contribution in [1.29, 1.82) is 0 Å². The van der Waals surface area contributed by atoms with Crippen LogP contribution >= 0.6 is 11.6 Å². The molecule has 0 unspecified atom stereocenters. The van der Waals surface area contributed by atoms with Crippen LogP contribution in [0, 0.1) is 0 Å². The first-order valence-corrected chi connectivity index (χ1v) is 8.29. The fraction of sp³-hybridized carbons (Fsp3) is 0.211. The summed E-state index contributed by atoms with van der Waals surface area (Å²) in [6.07, 6.45) is 3.23. The van der Waals surface area contributed by atoms with Crippen LogP contribution in [0.1, 0.15) is 0 Å². The van der Waals surface area contributed by atoms with Crippen molar-refractivity contribution in [3.8, 4) is 17.0 Å². The number of carbonyl (C=O) groups is 1. The average molecular weight is 374 g/mol. The van der Waals surface area contributed by atoms with Gasteiger partial charge in [-0.15, -0.1) is 13.2 Å². The molecule has 1 amide bonds. The fourth-order valence-electron chi connectivity index (χ4n) is 2.37. The molecule has 2 aromatic rings. The Morgan fingerprint density at radius 2 is 1.88 bits per heavy atom. The SMILES string of the molecule is C=CCN(CC=C)C(=O)Cn1nc(-c2ccc(Cl)cc2)c(OC)cc1=O. The van der Waals surface area contributed by atoms with E-state index in [1.54, 1.807) is 36.4 Å². The Balaban J connectivity index is 2.40. The molecule has 1 aromatic carbocycles. The van der Waals surface area contributed by atoms with Gasteiger partial charge >= 0.3 is 0 Å². The van der Waals surface area contributed by atoms with Crippen LogP contribution in [-0.4, -0.2) is 40.8 Å². The molecule has 0 aliphatic heterocycles. The lowest BCUT2D eigenvalue weighted by Gasteiger charge is -2.19. The van der Waals surface area contributed by atoms with Gasteiger partial charge in [0.05, 0.1) is 7.11 Å². The molecule has 0 aliphatic carbocycles. The number of halogens is 1. The number of aromatic nitrogens is 2. The molecule has 0 saturated carbocycles. The van der Waals surface area contributed by atoms with Crippen LogP contribution in [0.4, 0.5) is 0 Å². The molecule has 0 bridgehead atoms. The Kier molecular flexibility index (Phi) is 6.74. The van der Waals surface area contributed by atoms with E-state index in [9.17, 15) is 9.59 Å². The van der Waals surface area contributed by atoms with Gasteiger partial charge in [0.25, 0.3) is 5.56 Å². The van der Waals surface area contributed by atoms with Crippen molar-refractivity contribution in [2.45, 2.75) is 6.54 Å². The molecule has 136 valence electrons. The van der Waals surface area contributed by atoms with Crippen molar-refractivity contribution in [3.63, 3.8) is 0 Å². The number of methoxy groups -OCH3 is 1. The molecule has 1 aromatic heterocycles. The maximum absolute atomic E-state index is 12.5. The van der Waals surface area contributed by atoms with Gasteiger partial charge in [0.1, 0.15) is 12.2 Å².